The average Bonchev–Trinajstić information content (AvgIpc) is 3.20. The Morgan fingerprint density at radius 2 is 1.81 bits per heavy atom. The van der Waals surface area contributed by atoms with Crippen molar-refractivity contribution in [2.24, 2.45) is 0 Å². The SMILES string of the molecule is COP(=O)(CS(=O)(=O)c1ccc(NC(=O)c2nc(-c3ccc(C)s3)cnc2N)cc1)OC. The molecule has 0 spiro atoms. The summed E-state index contributed by atoms with van der Waals surface area (Å²) in [4.78, 5) is 22.9. The van der Waals surface area contributed by atoms with Gasteiger partial charge in [-0.1, -0.05) is 0 Å². The standard InChI is InChI=1S/C19H21N4O6PS2/c1-12-4-9-16(31-12)15-10-21-18(20)17(23-15)19(24)22-13-5-7-14(8-6-13)32(26,27)11-30(25,28-2)29-3/h4-10H,11H2,1-3H3,(H2,20,21)(H,22,24). The van der Waals surface area contributed by atoms with Gasteiger partial charge in [0.25, 0.3) is 5.91 Å². The van der Waals surface area contributed by atoms with Crippen molar-refractivity contribution in [3.63, 3.8) is 0 Å². The maximum atomic E-state index is 12.7. The highest BCUT2D eigenvalue weighted by Gasteiger charge is 2.31. The third-order valence-electron chi connectivity index (χ3n) is 4.36. The maximum Gasteiger partial charge on any atom is 0.345 e. The minimum absolute atomic E-state index is 0.0337. The first-order chi connectivity index (χ1) is 15.1. The number of benzene rings is 1. The molecule has 32 heavy (non-hydrogen) atoms. The Morgan fingerprint density at radius 1 is 1.16 bits per heavy atom. The van der Waals surface area contributed by atoms with E-state index in [2.05, 4.69) is 15.3 Å². The Kier molecular flexibility index (Phi) is 7.11. The number of hydrogen-bond acceptors (Lipinski definition) is 10. The molecule has 0 atom stereocenters. The quantitative estimate of drug-likeness (QED) is 0.446. The number of anilines is 2. The van der Waals surface area contributed by atoms with Crippen molar-refractivity contribution < 1.29 is 26.8 Å². The van der Waals surface area contributed by atoms with E-state index in [1.807, 2.05) is 19.1 Å². The second-order valence-electron chi connectivity index (χ2n) is 6.60. The zero-order valence-corrected chi connectivity index (χ0v) is 20.0. The Bertz CT molecular complexity index is 1280. The summed E-state index contributed by atoms with van der Waals surface area (Å²) in [5.41, 5.74) is 5.81. The average molecular weight is 497 g/mol. The van der Waals surface area contributed by atoms with Crippen LogP contribution >= 0.6 is 18.9 Å². The first-order valence-electron chi connectivity index (χ1n) is 9.11. The van der Waals surface area contributed by atoms with E-state index in [0.29, 0.717) is 11.4 Å². The Hall–Kier alpha value is -2.63. The van der Waals surface area contributed by atoms with Gasteiger partial charge in [-0.3, -0.25) is 9.36 Å². The summed E-state index contributed by atoms with van der Waals surface area (Å²) in [6.07, 6.45) is 1.50. The van der Waals surface area contributed by atoms with Crippen molar-refractivity contribution in [3.05, 3.63) is 53.2 Å². The van der Waals surface area contributed by atoms with Crippen LogP contribution in [0.1, 0.15) is 15.4 Å². The van der Waals surface area contributed by atoms with Crippen molar-refractivity contribution >= 4 is 46.2 Å². The number of nitrogen functional groups attached to an aromatic ring is 1. The Labute approximate surface area is 189 Å². The number of rotatable bonds is 8. The molecule has 1 aromatic carbocycles. The van der Waals surface area contributed by atoms with Gasteiger partial charge in [-0.15, -0.1) is 11.3 Å². The fourth-order valence-electron chi connectivity index (χ4n) is 2.65. The van der Waals surface area contributed by atoms with Crippen LogP contribution in [-0.4, -0.2) is 44.0 Å². The van der Waals surface area contributed by atoms with Crippen LogP contribution in [0.2, 0.25) is 0 Å². The highest BCUT2D eigenvalue weighted by molar-refractivity contribution is 7.97. The molecule has 0 saturated carbocycles. The van der Waals surface area contributed by atoms with E-state index >= 15 is 0 Å². The molecule has 3 rings (SSSR count). The van der Waals surface area contributed by atoms with Gasteiger partial charge in [0.1, 0.15) is 0 Å². The Balaban J connectivity index is 1.79. The van der Waals surface area contributed by atoms with E-state index < -0.39 is 28.8 Å². The zero-order chi connectivity index (χ0) is 23.5. The molecule has 0 fully saturated rings. The summed E-state index contributed by atoms with van der Waals surface area (Å²) in [6.45, 7) is 1.96. The van der Waals surface area contributed by atoms with Gasteiger partial charge in [-0.05, 0) is 43.3 Å². The molecule has 3 N–H and O–H groups in total. The molecule has 1 amide bonds. The molecule has 0 bridgehead atoms. The third kappa shape index (κ3) is 5.40. The molecule has 0 radical (unpaired) electrons. The number of carbonyl (C=O) groups is 1. The third-order valence-corrected chi connectivity index (χ3v) is 10.1. The molecule has 0 aliphatic carbocycles. The number of sulfone groups is 1. The van der Waals surface area contributed by atoms with E-state index in [4.69, 9.17) is 14.8 Å². The van der Waals surface area contributed by atoms with Crippen molar-refractivity contribution in [2.75, 3.05) is 30.8 Å². The molecule has 3 aromatic rings. The smallest absolute Gasteiger partial charge is 0.345 e. The van der Waals surface area contributed by atoms with Crippen molar-refractivity contribution in [1.29, 1.82) is 0 Å². The molecule has 0 saturated heterocycles. The van der Waals surface area contributed by atoms with E-state index in [1.165, 1.54) is 41.8 Å². The van der Waals surface area contributed by atoms with Crippen LogP contribution in [0.4, 0.5) is 11.5 Å². The van der Waals surface area contributed by atoms with Crippen LogP contribution in [0.3, 0.4) is 0 Å². The number of amides is 1. The lowest BCUT2D eigenvalue weighted by molar-refractivity contribution is 0.102. The predicted molar refractivity (Wildman–Crippen MR) is 123 cm³/mol. The molecule has 2 heterocycles. The highest BCUT2D eigenvalue weighted by Crippen LogP contribution is 2.48. The van der Waals surface area contributed by atoms with E-state index in [0.717, 1.165) is 24.0 Å². The number of nitrogens with zero attached hydrogens (tertiary/aromatic N) is 2. The van der Waals surface area contributed by atoms with Crippen LogP contribution in [0.15, 0.2) is 47.5 Å². The summed E-state index contributed by atoms with van der Waals surface area (Å²) in [6, 6.07) is 9.16. The lowest BCUT2D eigenvalue weighted by Gasteiger charge is -2.14. The van der Waals surface area contributed by atoms with Gasteiger partial charge in [0.05, 0.1) is 21.7 Å². The topological polar surface area (TPSA) is 151 Å². The molecular weight excluding hydrogens is 475 g/mol. The van der Waals surface area contributed by atoms with Crippen LogP contribution in [0.25, 0.3) is 10.6 Å². The van der Waals surface area contributed by atoms with Gasteiger partial charge in [0.2, 0.25) is 0 Å². The molecule has 0 aliphatic rings. The lowest BCUT2D eigenvalue weighted by atomic mass is 10.3. The molecule has 13 heteroatoms. The van der Waals surface area contributed by atoms with Crippen LogP contribution < -0.4 is 11.1 Å². The van der Waals surface area contributed by atoms with Gasteiger partial charge >= 0.3 is 7.60 Å². The molecule has 0 aliphatic heterocycles. The van der Waals surface area contributed by atoms with Crippen LogP contribution in [0.5, 0.6) is 0 Å². The number of carbonyl (C=O) groups excluding carboxylic acids is 1. The fourth-order valence-corrected chi connectivity index (χ4v) is 7.28. The first kappa shape index (κ1) is 24.0. The van der Waals surface area contributed by atoms with Crippen molar-refractivity contribution in [3.8, 4) is 10.6 Å². The minimum Gasteiger partial charge on any atom is -0.382 e. The summed E-state index contributed by atoms with van der Waals surface area (Å²) in [5, 5.41) is 2.62. The second-order valence-corrected chi connectivity index (χ2v) is 12.6. The van der Waals surface area contributed by atoms with Gasteiger partial charge in [0, 0.05) is 24.8 Å². The molecule has 10 nitrogen and oxygen atoms in total. The van der Waals surface area contributed by atoms with Gasteiger partial charge in [-0.25, -0.2) is 18.4 Å². The molecule has 170 valence electrons. The normalized spacial score (nSPS) is 12.0. The number of nitrogens with one attached hydrogen (secondary N) is 1. The lowest BCUT2D eigenvalue weighted by Crippen LogP contribution is -2.17. The minimum atomic E-state index is -3.95. The number of hydrogen-bond donors (Lipinski definition) is 2. The summed E-state index contributed by atoms with van der Waals surface area (Å²) < 4.78 is 46.5. The van der Waals surface area contributed by atoms with E-state index in [9.17, 15) is 17.8 Å². The molecule has 2 aromatic heterocycles. The second kappa shape index (κ2) is 9.47. The monoisotopic (exact) mass is 496 g/mol. The zero-order valence-electron chi connectivity index (χ0n) is 17.4. The maximum absolute atomic E-state index is 12.7. The number of nitrogens with two attached hydrogens (primary N) is 1. The van der Waals surface area contributed by atoms with E-state index in [1.54, 1.807) is 0 Å². The predicted octanol–water partition coefficient (Wildman–Crippen LogP) is 3.57. The largest absolute Gasteiger partial charge is 0.382 e. The summed E-state index contributed by atoms with van der Waals surface area (Å²) in [7, 11) is -5.48. The van der Waals surface area contributed by atoms with Crippen LogP contribution in [0, 0.1) is 6.92 Å². The molecule has 0 unspecified atom stereocenters. The van der Waals surface area contributed by atoms with Gasteiger partial charge in [-0.2, -0.15) is 0 Å². The number of aromatic nitrogens is 2. The van der Waals surface area contributed by atoms with E-state index in [-0.39, 0.29) is 16.4 Å². The molecular formula is C19H21N4O6PS2. The fraction of sp³-hybridized carbons (Fsp3) is 0.211. The first-order valence-corrected chi connectivity index (χ1v) is 13.3. The summed E-state index contributed by atoms with van der Waals surface area (Å²) >= 11 is 1.51. The number of aryl methyl sites for hydroxylation is 1. The summed E-state index contributed by atoms with van der Waals surface area (Å²) in [5.74, 6) is -0.627. The van der Waals surface area contributed by atoms with Gasteiger partial charge in [0.15, 0.2) is 26.8 Å². The van der Waals surface area contributed by atoms with Crippen molar-refractivity contribution in [2.45, 2.75) is 11.8 Å². The number of thiophene rings is 1. The van der Waals surface area contributed by atoms with Gasteiger partial charge < -0.3 is 20.1 Å². The highest BCUT2D eigenvalue weighted by atomic mass is 32.2. The Morgan fingerprint density at radius 3 is 2.38 bits per heavy atom. The van der Waals surface area contributed by atoms with Crippen LogP contribution in [-0.2, 0) is 23.4 Å². The van der Waals surface area contributed by atoms with Crippen molar-refractivity contribution in [1.82, 2.24) is 9.97 Å².